The SMILES string of the molecule is CCC(N)Cc1cccc(F)c1Oc1cc(F)ccc1Br. The number of rotatable bonds is 5. The van der Waals surface area contributed by atoms with Gasteiger partial charge in [-0.05, 0) is 52.5 Å². The summed E-state index contributed by atoms with van der Waals surface area (Å²) in [4.78, 5) is 0. The van der Waals surface area contributed by atoms with Gasteiger partial charge in [-0.3, -0.25) is 0 Å². The highest BCUT2D eigenvalue weighted by molar-refractivity contribution is 9.10. The molecule has 0 saturated heterocycles. The largest absolute Gasteiger partial charge is 0.453 e. The Kier molecular flexibility index (Phi) is 5.31. The molecule has 0 heterocycles. The van der Waals surface area contributed by atoms with Crippen molar-refractivity contribution in [2.75, 3.05) is 0 Å². The summed E-state index contributed by atoms with van der Waals surface area (Å²) < 4.78 is 33.5. The lowest BCUT2D eigenvalue weighted by Crippen LogP contribution is -2.21. The maximum absolute atomic E-state index is 14.0. The summed E-state index contributed by atoms with van der Waals surface area (Å²) in [7, 11) is 0. The Morgan fingerprint density at radius 1 is 1.24 bits per heavy atom. The fourth-order valence-electron chi connectivity index (χ4n) is 1.92. The molecule has 0 fully saturated rings. The highest BCUT2D eigenvalue weighted by atomic mass is 79.9. The first-order valence-corrected chi connectivity index (χ1v) is 7.46. The smallest absolute Gasteiger partial charge is 0.166 e. The molecule has 5 heteroatoms. The molecular formula is C16H16BrF2NO. The number of hydrogen-bond donors (Lipinski definition) is 1. The lowest BCUT2D eigenvalue weighted by molar-refractivity contribution is 0.428. The maximum Gasteiger partial charge on any atom is 0.166 e. The van der Waals surface area contributed by atoms with Crippen LogP contribution in [0.15, 0.2) is 40.9 Å². The van der Waals surface area contributed by atoms with Crippen molar-refractivity contribution in [2.45, 2.75) is 25.8 Å². The van der Waals surface area contributed by atoms with E-state index in [9.17, 15) is 8.78 Å². The molecule has 0 spiro atoms. The van der Waals surface area contributed by atoms with Crippen molar-refractivity contribution < 1.29 is 13.5 Å². The molecule has 0 aliphatic carbocycles. The number of hydrogen-bond acceptors (Lipinski definition) is 2. The van der Waals surface area contributed by atoms with Crippen LogP contribution >= 0.6 is 15.9 Å². The van der Waals surface area contributed by atoms with Gasteiger partial charge in [0.2, 0.25) is 0 Å². The Morgan fingerprint density at radius 2 is 2.00 bits per heavy atom. The Bertz CT molecular complexity index is 634. The lowest BCUT2D eigenvalue weighted by Gasteiger charge is -2.15. The van der Waals surface area contributed by atoms with E-state index in [0.717, 1.165) is 6.42 Å². The second kappa shape index (κ2) is 7.00. The third kappa shape index (κ3) is 4.02. The van der Waals surface area contributed by atoms with Crippen molar-refractivity contribution in [3.05, 3.63) is 58.1 Å². The molecule has 1 atom stereocenters. The Morgan fingerprint density at radius 3 is 2.71 bits per heavy atom. The second-order valence-corrected chi connectivity index (χ2v) is 5.63. The van der Waals surface area contributed by atoms with Gasteiger partial charge in [0, 0.05) is 12.1 Å². The van der Waals surface area contributed by atoms with Crippen molar-refractivity contribution in [2.24, 2.45) is 5.73 Å². The van der Waals surface area contributed by atoms with Crippen LogP contribution in [0.25, 0.3) is 0 Å². The topological polar surface area (TPSA) is 35.2 Å². The fraction of sp³-hybridized carbons (Fsp3) is 0.250. The van der Waals surface area contributed by atoms with Crippen LogP contribution in [0.2, 0.25) is 0 Å². The highest BCUT2D eigenvalue weighted by Crippen LogP contribution is 2.34. The van der Waals surface area contributed by atoms with Crippen molar-refractivity contribution in [3.8, 4) is 11.5 Å². The molecule has 2 rings (SSSR count). The van der Waals surface area contributed by atoms with Crippen LogP contribution in [-0.2, 0) is 6.42 Å². The van der Waals surface area contributed by atoms with E-state index in [0.29, 0.717) is 16.5 Å². The molecule has 0 aromatic heterocycles. The van der Waals surface area contributed by atoms with Crippen LogP contribution in [0.5, 0.6) is 11.5 Å². The zero-order valence-electron chi connectivity index (χ0n) is 11.6. The van der Waals surface area contributed by atoms with Crippen LogP contribution < -0.4 is 10.5 Å². The van der Waals surface area contributed by atoms with Gasteiger partial charge in [-0.25, -0.2) is 8.78 Å². The minimum Gasteiger partial charge on any atom is -0.453 e. The minimum absolute atomic E-state index is 0.0786. The first kappa shape index (κ1) is 15.9. The van der Waals surface area contributed by atoms with Gasteiger partial charge < -0.3 is 10.5 Å². The van der Waals surface area contributed by atoms with Gasteiger partial charge in [-0.2, -0.15) is 0 Å². The van der Waals surface area contributed by atoms with E-state index >= 15 is 0 Å². The van der Waals surface area contributed by atoms with E-state index in [1.807, 2.05) is 6.92 Å². The fourth-order valence-corrected chi connectivity index (χ4v) is 2.25. The van der Waals surface area contributed by atoms with Gasteiger partial charge in [0.25, 0.3) is 0 Å². The van der Waals surface area contributed by atoms with Crippen LogP contribution in [0.3, 0.4) is 0 Å². The Balaban J connectivity index is 2.36. The summed E-state index contributed by atoms with van der Waals surface area (Å²) >= 11 is 3.26. The quantitative estimate of drug-likeness (QED) is 0.835. The van der Waals surface area contributed by atoms with Crippen molar-refractivity contribution in [3.63, 3.8) is 0 Å². The van der Waals surface area contributed by atoms with Crippen molar-refractivity contribution in [1.29, 1.82) is 0 Å². The van der Waals surface area contributed by atoms with Gasteiger partial charge in [0.15, 0.2) is 11.6 Å². The number of para-hydroxylation sites is 1. The first-order valence-electron chi connectivity index (χ1n) is 6.67. The molecule has 0 aliphatic heterocycles. The maximum atomic E-state index is 14.0. The predicted molar refractivity (Wildman–Crippen MR) is 82.5 cm³/mol. The summed E-state index contributed by atoms with van der Waals surface area (Å²) in [6.07, 6.45) is 1.27. The summed E-state index contributed by atoms with van der Waals surface area (Å²) in [5.41, 5.74) is 6.59. The molecule has 0 amide bonds. The molecule has 21 heavy (non-hydrogen) atoms. The molecule has 0 bridgehead atoms. The number of halogens is 3. The zero-order valence-corrected chi connectivity index (χ0v) is 13.2. The van der Waals surface area contributed by atoms with Crippen molar-refractivity contribution in [1.82, 2.24) is 0 Å². The summed E-state index contributed by atoms with van der Waals surface area (Å²) in [6.45, 7) is 1.97. The van der Waals surface area contributed by atoms with E-state index in [4.69, 9.17) is 10.5 Å². The number of nitrogens with two attached hydrogens (primary N) is 1. The molecular weight excluding hydrogens is 340 g/mol. The van der Waals surface area contributed by atoms with E-state index < -0.39 is 11.6 Å². The van der Waals surface area contributed by atoms with Crippen LogP contribution in [0.4, 0.5) is 8.78 Å². The molecule has 2 aromatic rings. The monoisotopic (exact) mass is 355 g/mol. The zero-order chi connectivity index (χ0) is 15.4. The average molecular weight is 356 g/mol. The van der Waals surface area contributed by atoms with E-state index in [-0.39, 0.29) is 17.5 Å². The molecule has 0 radical (unpaired) electrons. The molecule has 1 unspecified atom stereocenters. The Labute approximate surface area is 131 Å². The third-order valence-corrected chi connectivity index (χ3v) is 3.82. The van der Waals surface area contributed by atoms with Gasteiger partial charge in [-0.1, -0.05) is 19.1 Å². The van der Waals surface area contributed by atoms with Gasteiger partial charge in [0.05, 0.1) is 4.47 Å². The molecule has 0 aliphatic rings. The molecule has 2 nitrogen and oxygen atoms in total. The molecule has 112 valence electrons. The van der Waals surface area contributed by atoms with Crippen LogP contribution in [-0.4, -0.2) is 6.04 Å². The minimum atomic E-state index is -0.494. The standard InChI is InChI=1S/C16H16BrF2NO/c1-2-12(20)8-10-4-3-5-14(19)16(10)21-15-9-11(18)6-7-13(15)17/h3-7,9,12H,2,8,20H2,1H3. The highest BCUT2D eigenvalue weighted by Gasteiger charge is 2.15. The van der Waals surface area contributed by atoms with Gasteiger partial charge >= 0.3 is 0 Å². The van der Waals surface area contributed by atoms with Crippen molar-refractivity contribution >= 4 is 15.9 Å². The predicted octanol–water partition coefficient (Wildman–Crippen LogP) is 4.80. The van der Waals surface area contributed by atoms with Crippen LogP contribution in [0, 0.1) is 11.6 Å². The lowest BCUT2D eigenvalue weighted by atomic mass is 10.0. The van der Waals surface area contributed by atoms with Gasteiger partial charge in [-0.15, -0.1) is 0 Å². The van der Waals surface area contributed by atoms with E-state index in [2.05, 4.69) is 15.9 Å². The second-order valence-electron chi connectivity index (χ2n) is 4.78. The number of benzene rings is 2. The van der Waals surface area contributed by atoms with Gasteiger partial charge in [0.1, 0.15) is 11.6 Å². The summed E-state index contributed by atoms with van der Waals surface area (Å²) in [5, 5.41) is 0. The summed E-state index contributed by atoms with van der Waals surface area (Å²) in [5.74, 6) is -0.623. The molecule has 2 N–H and O–H groups in total. The van der Waals surface area contributed by atoms with E-state index in [1.165, 1.54) is 24.3 Å². The normalized spacial score (nSPS) is 12.2. The van der Waals surface area contributed by atoms with Crippen LogP contribution in [0.1, 0.15) is 18.9 Å². The first-order chi connectivity index (χ1) is 10.0. The Hall–Kier alpha value is -1.46. The molecule has 2 aromatic carbocycles. The molecule has 0 saturated carbocycles. The average Bonchev–Trinajstić information content (AvgIpc) is 2.46. The number of ether oxygens (including phenoxy) is 1. The summed E-state index contributed by atoms with van der Waals surface area (Å²) in [6, 6.07) is 8.63. The third-order valence-electron chi connectivity index (χ3n) is 3.16. The van der Waals surface area contributed by atoms with E-state index in [1.54, 1.807) is 12.1 Å².